The fraction of sp³-hybridized carbons (Fsp3) is 0.278. The molecular weight excluding hydrogens is 333 g/mol. The summed E-state index contributed by atoms with van der Waals surface area (Å²) in [6.07, 6.45) is 8.54. The van der Waals surface area contributed by atoms with E-state index in [0.29, 0.717) is 12.4 Å². The smallest absolute Gasteiger partial charge is 0.167 e. The van der Waals surface area contributed by atoms with E-state index >= 15 is 0 Å². The highest BCUT2D eigenvalue weighted by molar-refractivity contribution is 5.52. The lowest BCUT2D eigenvalue weighted by atomic mass is 10.1. The number of nitrogens with zero attached hydrogens (tertiary/aromatic N) is 7. The molecule has 4 aromatic heterocycles. The van der Waals surface area contributed by atoms with Crippen LogP contribution in [0.1, 0.15) is 30.4 Å². The Kier molecular flexibility index (Phi) is 4.16. The van der Waals surface area contributed by atoms with Gasteiger partial charge in [-0.3, -0.25) is 4.40 Å². The fourth-order valence-electron chi connectivity index (χ4n) is 3.06. The van der Waals surface area contributed by atoms with Crippen molar-refractivity contribution in [3.8, 4) is 11.5 Å². The van der Waals surface area contributed by atoms with Gasteiger partial charge in [0.1, 0.15) is 17.8 Å². The van der Waals surface area contributed by atoms with Crippen LogP contribution in [-0.4, -0.2) is 34.1 Å². The maximum Gasteiger partial charge on any atom is 0.167 e. The lowest BCUT2D eigenvalue weighted by molar-refractivity contribution is 0.621. The SMILES string of the molecule is CCCc1c(Cn2ccnc2-c2ncccc2F)ncn2c(C)nnc12. The van der Waals surface area contributed by atoms with Crippen LogP contribution >= 0.6 is 0 Å². The summed E-state index contributed by atoms with van der Waals surface area (Å²) in [6.45, 7) is 4.47. The monoisotopic (exact) mass is 351 g/mol. The van der Waals surface area contributed by atoms with E-state index in [1.165, 1.54) is 6.07 Å². The van der Waals surface area contributed by atoms with Crippen molar-refractivity contribution in [2.24, 2.45) is 0 Å². The minimum atomic E-state index is -0.398. The molecule has 0 fully saturated rings. The Labute approximate surface area is 149 Å². The summed E-state index contributed by atoms with van der Waals surface area (Å²) >= 11 is 0. The molecule has 0 saturated carbocycles. The van der Waals surface area contributed by atoms with Crippen LogP contribution in [0.2, 0.25) is 0 Å². The van der Waals surface area contributed by atoms with E-state index in [1.807, 2.05) is 15.9 Å². The van der Waals surface area contributed by atoms with Crippen LogP contribution in [-0.2, 0) is 13.0 Å². The normalized spacial score (nSPS) is 11.3. The van der Waals surface area contributed by atoms with Gasteiger partial charge in [0.15, 0.2) is 17.3 Å². The van der Waals surface area contributed by atoms with Crippen LogP contribution in [0.3, 0.4) is 0 Å². The largest absolute Gasteiger partial charge is 0.324 e. The van der Waals surface area contributed by atoms with E-state index in [-0.39, 0.29) is 5.69 Å². The van der Waals surface area contributed by atoms with Gasteiger partial charge in [-0.05, 0) is 25.5 Å². The van der Waals surface area contributed by atoms with Gasteiger partial charge in [-0.1, -0.05) is 13.3 Å². The van der Waals surface area contributed by atoms with Gasteiger partial charge in [0.05, 0.1) is 12.2 Å². The molecule has 0 atom stereocenters. The van der Waals surface area contributed by atoms with E-state index in [2.05, 4.69) is 32.1 Å². The Morgan fingerprint density at radius 3 is 2.81 bits per heavy atom. The molecule has 0 aliphatic heterocycles. The van der Waals surface area contributed by atoms with E-state index in [4.69, 9.17) is 0 Å². The summed E-state index contributed by atoms with van der Waals surface area (Å²) < 4.78 is 17.9. The lowest BCUT2D eigenvalue weighted by Gasteiger charge is -2.12. The lowest BCUT2D eigenvalue weighted by Crippen LogP contribution is -2.10. The third-order valence-electron chi connectivity index (χ3n) is 4.32. The first-order valence-corrected chi connectivity index (χ1v) is 8.49. The highest BCUT2D eigenvalue weighted by Crippen LogP contribution is 2.21. The molecule has 132 valence electrons. The number of hydrogen-bond donors (Lipinski definition) is 0. The molecule has 0 aliphatic carbocycles. The van der Waals surface area contributed by atoms with Gasteiger partial charge in [0.2, 0.25) is 0 Å². The molecular formula is C18H18FN7. The van der Waals surface area contributed by atoms with Crippen molar-refractivity contribution in [2.45, 2.75) is 33.2 Å². The Morgan fingerprint density at radius 1 is 1.12 bits per heavy atom. The first kappa shape index (κ1) is 16.3. The number of imidazole rings is 1. The zero-order valence-electron chi connectivity index (χ0n) is 14.6. The maximum absolute atomic E-state index is 14.1. The van der Waals surface area contributed by atoms with Gasteiger partial charge < -0.3 is 4.57 Å². The quantitative estimate of drug-likeness (QED) is 0.553. The van der Waals surface area contributed by atoms with Crippen LogP contribution in [0.15, 0.2) is 37.1 Å². The second kappa shape index (κ2) is 6.62. The molecule has 0 bridgehead atoms. The number of rotatable bonds is 5. The van der Waals surface area contributed by atoms with E-state index in [1.54, 1.807) is 31.0 Å². The Bertz CT molecular complexity index is 1070. The minimum Gasteiger partial charge on any atom is -0.324 e. The number of fused-ring (bicyclic) bond motifs is 1. The molecule has 0 spiro atoms. The fourth-order valence-corrected chi connectivity index (χ4v) is 3.06. The van der Waals surface area contributed by atoms with Crippen LogP contribution in [0, 0.1) is 12.7 Å². The van der Waals surface area contributed by atoms with Gasteiger partial charge in [0.25, 0.3) is 0 Å². The predicted octanol–water partition coefficient (Wildman–Crippen LogP) is 2.83. The third-order valence-corrected chi connectivity index (χ3v) is 4.32. The third kappa shape index (κ3) is 2.73. The number of hydrogen-bond acceptors (Lipinski definition) is 5. The Hall–Kier alpha value is -3.16. The molecule has 0 unspecified atom stereocenters. The van der Waals surface area contributed by atoms with Crippen molar-refractivity contribution >= 4 is 5.65 Å². The van der Waals surface area contributed by atoms with E-state index < -0.39 is 5.82 Å². The van der Waals surface area contributed by atoms with Gasteiger partial charge >= 0.3 is 0 Å². The summed E-state index contributed by atoms with van der Waals surface area (Å²) in [5.41, 5.74) is 2.98. The first-order chi connectivity index (χ1) is 12.7. The second-order valence-corrected chi connectivity index (χ2v) is 6.07. The topological polar surface area (TPSA) is 73.8 Å². The molecule has 8 heteroatoms. The van der Waals surface area contributed by atoms with Crippen LogP contribution in [0.4, 0.5) is 4.39 Å². The molecule has 0 N–H and O–H groups in total. The zero-order valence-corrected chi connectivity index (χ0v) is 14.6. The van der Waals surface area contributed by atoms with Crippen molar-refractivity contribution in [1.82, 2.24) is 34.1 Å². The van der Waals surface area contributed by atoms with Crippen LogP contribution in [0.25, 0.3) is 17.2 Å². The minimum absolute atomic E-state index is 0.231. The van der Waals surface area contributed by atoms with E-state index in [0.717, 1.165) is 35.6 Å². The molecule has 4 rings (SSSR count). The molecule has 0 aromatic carbocycles. The van der Waals surface area contributed by atoms with Crippen molar-refractivity contribution in [1.29, 1.82) is 0 Å². The molecule has 26 heavy (non-hydrogen) atoms. The molecule has 0 amide bonds. The first-order valence-electron chi connectivity index (χ1n) is 8.49. The van der Waals surface area contributed by atoms with Crippen molar-refractivity contribution in [3.05, 3.63) is 59.9 Å². The average Bonchev–Trinajstić information content (AvgIpc) is 3.25. The summed E-state index contributed by atoms with van der Waals surface area (Å²) in [7, 11) is 0. The van der Waals surface area contributed by atoms with Gasteiger partial charge in [-0.2, -0.15) is 0 Å². The number of halogens is 1. The van der Waals surface area contributed by atoms with Crippen molar-refractivity contribution in [3.63, 3.8) is 0 Å². The highest BCUT2D eigenvalue weighted by atomic mass is 19.1. The Balaban J connectivity index is 1.78. The zero-order chi connectivity index (χ0) is 18.1. The molecule has 0 aliphatic rings. The molecule has 7 nitrogen and oxygen atoms in total. The maximum atomic E-state index is 14.1. The standard InChI is InChI=1S/C18H18FN7/c1-3-5-13-15(22-11-26-12(2)23-24-17(13)26)10-25-9-8-21-18(25)16-14(19)6-4-7-20-16/h4,6-9,11H,3,5,10H2,1-2H3. The molecule has 0 radical (unpaired) electrons. The molecule has 4 heterocycles. The summed E-state index contributed by atoms with van der Waals surface area (Å²) in [5, 5.41) is 8.44. The summed E-state index contributed by atoms with van der Waals surface area (Å²) in [5.74, 6) is 0.880. The number of aryl methyl sites for hydroxylation is 2. The summed E-state index contributed by atoms with van der Waals surface area (Å²) in [6, 6.07) is 2.95. The van der Waals surface area contributed by atoms with E-state index in [9.17, 15) is 4.39 Å². The van der Waals surface area contributed by atoms with Gasteiger partial charge in [0, 0.05) is 24.2 Å². The Morgan fingerprint density at radius 2 is 2.00 bits per heavy atom. The number of pyridine rings is 1. The van der Waals surface area contributed by atoms with Gasteiger partial charge in [-0.25, -0.2) is 19.3 Å². The van der Waals surface area contributed by atoms with Crippen molar-refractivity contribution in [2.75, 3.05) is 0 Å². The highest BCUT2D eigenvalue weighted by Gasteiger charge is 2.17. The summed E-state index contributed by atoms with van der Waals surface area (Å²) in [4.78, 5) is 13.0. The second-order valence-electron chi connectivity index (χ2n) is 6.07. The van der Waals surface area contributed by atoms with Crippen molar-refractivity contribution < 1.29 is 4.39 Å². The van der Waals surface area contributed by atoms with Crippen LogP contribution < -0.4 is 0 Å². The predicted molar refractivity (Wildman–Crippen MR) is 94.0 cm³/mol. The van der Waals surface area contributed by atoms with Gasteiger partial charge in [-0.15, -0.1) is 10.2 Å². The average molecular weight is 351 g/mol. The molecule has 4 aromatic rings. The molecule has 0 saturated heterocycles. The number of aromatic nitrogens is 7. The van der Waals surface area contributed by atoms with Crippen LogP contribution in [0.5, 0.6) is 0 Å².